The van der Waals surface area contributed by atoms with Gasteiger partial charge >= 0.3 is 12.1 Å². The first-order valence-corrected chi connectivity index (χ1v) is 10.1. The lowest BCUT2D eigenvalue weighted by Crippen LogP contribution is -2.65. The van der Waals surface area contributed by atoms with E-state index < -0.39 is 55.2 Å². The van der Waals surface area contributed by atoms with Crippen LogP contribution >= 0.6 is 0 Å². The Balaban J connectivity index is 1.91. The van der Waals surface area contributed by atoms with Crippen molar-refractivity contribution < 1.29 is 47.6 Å². The van der Waals surface area contributed by atoms with Crippen molar-refractivity contribution in [2.45, 2.75) is 43.7 Å². The summed E-state index contributed by atoms with van der Waals surface area (Å²) in [7, 11) is 0. The number of nitrogens with one attached hydrogen (secondary N) is 2. The molecule has 0 unspecified atom stereocenters. The summed E-state index contributed by atoms with van der Waals surface area (Å²) in [6.07, 6.45) is -10.6. The van der Waals surface area contributed by atoms with E-state index in [0.29, 0.717) is 11.1 Å². The molecule has 184 valence electrons. The van der Waals surface area contributed by atoms with Gasteiger partial charge in [-0.15, -0.1) is 0 Å². The van der Waals surface area contributed by atoms with Crippen LogP contribution in [-0.4, -0.2) is 70.6 Å². The lowest BCUT2D eigenvalue weighted by atomic mass is 9.96. The summed E-state index contributed by atoms with van der Waals surface area (Å²) in [5.41, 5.74) is 0.692. The number of aliphatic hydroxyl groups excluding tert-OH is 3. The highest BCUT2D eigenvalue weighted by Crippen LogP contribution is 2.34. The smallest absolute Gasteiger partial charge is 0.462 e. The normalized spacial score (nSPS) is 24.9. The average molecular weight is 484 g/mol. The van der Waals surface area contributed by atoms with Gasteiger partial charge in [0.2, 0.25) is 12.2 Å². The van der Waals surface area contributed by atoms with E-state index in [1.54, 1.807) is 29.6 Å². The van der Waals surface area contributed by atoms with Crippen LogP contribution in [0, 0.1) is 0 Å². The number of rotatable bonds is 6. The molecular formula is C22H23F3N2O7. The number of alkyl halides is 3. The van der Waals surface area contributed by atoms with Gasteiger partial charge in [-0.2, -0.15) is 13.2 Å². The highest BCUT2D eigenvalue weighted by molar-refractivity contribution is 5.95. The molecule has 34 heavy (non-hydrogen) atoms. The lowest BCUT2D eigenvalue weighted by molar-refractivity contribution is -0.244. The molecule has 1 fully saturated rings. The Kier molecular flexibility index (Phi) is 7.77. The topological polar surface area (TPSA) is 137 Å². The molecule has 5 atom stereocenters. The summed E-state index contributed by atoms with van der Waals surface area (Å²) in [6, 6.07) is 10.8. The predicted molar refractivity (Wildman–Crippen MR) is 113 cm³/mol. The lowest BCUT2D eigenvalue weighted by Gasteiger charge is -2.42. The molecule has 0 saturated carbocycles. The minimum Gasteiger partial charge on any atom is -0.462 e. The quantitative estimate of drug-likeness (QED) is 0.415. The number of hydrogen-bond acceptors (Lipinski definition) is 7. The Bertz CT molecular complexity index is 1030. The SMILES string of the molecule is CC(=O)N[C@H]1[C@H](Oc2ccccc2-c2cccc(NC(=O)C(F)(F)F)c2)O[C@H](CO)[C@H](O)[C@@H]1O. The van der Waals surface area contributed by atoms with E-state index in [1.807, 2.05) is 0 Å². The molecule has 1 aliphatic heterocycles. The molecule has 2 amide bonds. The van der Waals surface area contributed by atoms with E-state index in [4.69, 9.17) is 9.47 Å². The van der Waals surface area contributed by atoms with Gasteiger partial charge in [-0.3, -0.25) is 9.59 Å². The van der Waals surface area contributed by atoms with Gasteiger partial charge in [-0.05, 0) is 23.8 Å². The number of carbonyl (C=O) groups is 2. The van der Waals surface area contributed by atoms with Crippen LogP contribution < -0.4 is 15.4 Å². The molecule has 0 radical (unpaired) electrons. The largest absolute Gasteiger partial charge is 0.471 e. The molecule has 0 bridgehead atoms. The van der Waals surface area contributed by atoms with Crippen LogP contribution in [0.15, 0.2) is 48.5 Å². The van der Waals surface area contributed by atoms with Gasteiger partial charge in [0.05, 0.1) is 6.61 Å². The van der Waals surface area contributed by atoms with E-state index >= 15 is 0 Å². The third-order valence-electron chi connectivity index (χ3n) is 5.07. The van der Waals surface area contributed by atoms with Gasteiger partial charge in [-0.1, -0.05) is 30.3 Å². The van der Waals surface area contributed by atoms with E-state index in [2.05, 4.69) is 5.32 Å². The van der Waals surface area contributed by atoms with E-state index in [0.717, 1.165) is 0 Å². The van der Waals surface area contributed by atoms with Crippen molar-refractivity contribution in [3.05, 3.63) is 48.5 Å². The third-order valence-corrected chi connectivity index (χ3v) is 5.07. The van der Waals surface area contributed by atoms with E-state index in [1.165, 1.54) is 31.2 Å². The van der Waals surface area contributed by atoms with Crippen molar-refractivity contribution in [1.82, 2.24) is 5.32 Å². The molecule has 1 saturated heterocycles. The van der Waals surface area contributed by atoms with Crippen molar-refractivity contribution in [2.24, 2.45) is 0 Å². The second-order valence-electron chi connectivity index (χ2n) is 7.58. The highest BCUT2D eigenvalue weighted by Gasteiger charge is 2.46. The fraction of sp³-hybridized carbons (Fsp3) is 0.364. The molecule has 2 aromatic rings. The number of hydrogen-bond donors (Lipinski definition) is 5. The molecule has 0 aliphatic carbocycles. The highest BCUT2D eigenvalue weighted by atomic mass is 19.4. The maximum absolute atomic E-state index is 12.6. The molecule has 5 N–H and O–H groups in total. The molecule has 3 rings (SSSR count). The molecule has 1 heterocycles. The summed E-state index contributed by atoms with van der Waals surface area (Å²) >= 11 is 0. The Morgan fingerprint density at radius 3 is 2.44 bits per heavy atom. The molecule has 0 aromatic heterocycles. The second-order valence-corrected chi connectivity index (χ2v) is 7.58. The Morgan fingerprint density at radius 1 is 1.09 bits per heavy atom. The van der Waals surface area contributed by atoms with Crippen molar-refractivity contribution in [3.63, 3.8) is 0 Å². The average Bonchev–Trinajstić information content (AvgIpc) is 2.78. The molecular weight excluding hydrogens is 461 g/mol. The number of amides is 2. The zero-order chi connectivity index (χ0) is 25.0. The number of anilines is 1. The number of carbonyl (C=O) groups excluding carboxylic acids is 2. The van der Waals surface area contributed by atoms with Gasteiger partial charge in [-0.25, -0.2) is 0 Å². The molecule has 12 heteroatoms. The maximum Gasteiger partial charge on any atom is 0.471 e. The van der Waals surface area contributed by atoms with Crippen LogP contribution in [-0.2, 0) is 14.3 Å². The minimum atomic E-state index is -5.05. The fourth-order valence-corrected chi connectivity index (χ4v) is 3.47. The van der Waals surface area contributed by atoms with Gasteiger partial charge in [0.1, 0.15) is 30.1 Å². The van der Waals surface area contributed by atoms with E-state index in [-0.39, 0.29) is 11.4 Å². The Morgan fingerprint density at radius 2 is 1.79 bits per heavy atom. The summed E-state index contributed by atoms with van der Waals surface area (Å²) in [5, 5.41) is 34.3. The van der Waals surface area contributed by atoms with Gasteiger partial charge in [0.25, 0.3) is 0 Å². The standard InChI is InChI=1S/C22H23F3N2O7/c1-11(29)26-17-19(31)18(30)16(10-28)34-20(17)33-15-8-3-2-7-14(15)12-5-4-6-13(9-12)27-21(32)22(23,24)25/h2-9,16-20,28,30-31H,10H2,1H3,(H,26,29)(H,27,32)/t16-,17-,18+,19-,20-/m1/s1. The van der Waals surface area contributed by atoms with Gasteiger partial charge < -0.3 is 35.4 Å². The summed E-state index contributed by atoms with van der Waals surface area (Å²) in [6.45, 7) is 0.566. The monoisotopic (exact) mass is 484 g/mol. The molecule has 0 spiro atoms. The first-order valence-electron chi connectivity index (χ1n) is 10.1. The Hall–Kier alpha value is -3.19. The molecule has 1 aliphatic rings. The Labute approximate surface area is 192 Å². The number of ether oxygens (including phenoxy) is 2. The van der Waals surface area contributed by atoms with Crippen LogP contribution in [0.1, 0.15) is 6.92 Å². The zero-order valence-corrected chi connectivity index (χ0v) is 17.8. The maximum atomic E-state index is 12.6. The minimum absolute atomic E-state index is 0.0986. The molecule has 9 nitrogen and oxygen atoms in total. The summed E-state index contributed by atoms with van der Waals surface area (Å²) in [4.78, 5) is 22.9. The van der Waals surface area contributed by atoms with E-state index in [9.17, 15) is 38.1 Å². The van der Waals surface area contributed by atoms with Gasteiger partial charge in [0, 0.05) is 18.2 Å². The number of para-hydroxylation sites is 1. The fourth-order valence-electron chi connectivity index (χ4n) is 3.47. The van der Waals surface area contributed by atoms with Crippen molar-refractivity contribution >= 4 is 17.5 Å². The van der Waals surface area contributed by atoms with Crippen LogP contribution in [0.2, 0.25) is 0 Å². The first-order chi connectivity index (χ1) is 16.0. The van der Waals surface area contributed by atoms with Crippen LogP contribution in [0.4, 0.5) is 18.9 Å². The number of halogens is 3. The number of aliphatic hydroxyl groups is 3. The van der Waals surface area contributed by atoms with Crippen molar-refractivity contribution in [1.29, 1.82) is 0 Å². The van der Waals surface area contributed by atoms with Crippen LogP contribution in [0.3, 0.4) is 0 Å². The van der Waals surface area contributed by atoms with Gasteiger partial charge in [0.15, 0.2) is 0 Å². The summed E-state index contributed by atoms with van der Waals surface area (Å²) < 4.78 is 49.2. The second kappa shape index (κ2) is 10.4. The summed E-state index contributed by atoms with van der Waals surface area (Å²) in [5.74, 6) is -2.48. The molecule has 2 aromatic carbocycles. The van der Waals surface area contributed by atoms with Crippen LogP contribution in [0.5, 0.6) is 5.75 Å². The first kappa shape index (κ1) is 25.4. The third kappa shape index (κ3) is 5.83. The number of benzene rings is 2. The predicted octanol–water partition coefficient (Wildman–Crippen LogP) is 1.18. The van der Waals surface area contributed by atoms with Crippen LogP contribution in [0.25, 0.3) is 11.1 Å². The van der Waals surface area contributed by atoms with Crippen molar-refractivity contribution in [2.75, 3.05) is 11.9 Å². The zero-order valence-electron chi connectivity index (χ0n) is 17.8. The van der Waals surface area contributed by atoms with Crippen molar-refractivity contribution in [3.8, 4) is 16.9 Å².